The monoisotopic (exact) mass is 182 g/mol. The minimum Gasteiger partial charge on any atom is -0.387 e. The van der Waals surface area contributed by atoms with Crippen molar-refractivity contribution in [1.82, 2.24) is 15.0 Å². The molecule has 5 heteroatoms. The van der Waals surface area contributed by atoms with E-state index in [0.717, 1.165) is 18.5 Å². The zero-order chi connectivity index (χ0) is 9.42. The van der Waals surface area contributed by atoms with Crippen LogP contribution in [0.4, 0.5) is 0 Å². The zero-order valence-corrected chi connectivity index (χ0v) is 7.59. The Kier molecular flexibility index (Phi) is 2.05. The van der Waals surface area contributed by atoms with Crippen LogP contribution < -0.4 is 5.73 Å². The molecule has 0 spiro atoms. The van der Waals surface area contributed by atoms with Gasteiger partial charge in [0, 0.05) is 6.04 Å². The zero-order valence-electron chi connectivity index (χ0n) is 7.59. The van der Waals surface area contributed by atoms with Gasteiger partial charge in [-0.3, -0.25) is 0 Å². The fraction of sp³-hybridized carbons (Fsp3) is 0.750. The quantitative estimate of drug-likeness (QED) is 0.674. The second-order valence-corrected chi connectivity index (χ2v) is 3.66. The van der Waals surface area contributed by atoms with Gasteiger partial charge in [-0.1, -0.05) is 5.21 Å². The Morgan fingerprint density at radius 1 is 1.69 bits per heavy atom. The largest absolute Gasteiger partial charge is 0.387 e. The van der Waals surface area contributed by atoms with E-state index < -0.39 is 6.10 Å². The van der Waals surface area contributed by atoms with Gasteiger partial charge in [0.15, 0.2) is 0 Å². The Labute approximate surface area is 76.5 Å². The van der Waals surface area contributed by atoms with Crippen molar-refractivity contribution in [2.45, 2.75) is 38.0 Å². The highest BCUT2D eigenvalue weighted by atomic mass is 16.3. The second kappa shape index (κ2) is 3.08. The Bertz CT molecular complexity index is 290. The van der Waals surface area contributed by atoms with Crippen molar-refractivity contribution in [1.29, 1.82) is 0 Å². The summed E-state index contributed by atoms with van der Waals surface area (Å²) >= 11 is 0. The molecule has 0 saturated heterocycles. The number of nitrogens with zero attached hydrogens (tertiary/aromatic N) is 3. The summed E-state index contributed by atoms with van der Waals surface area (Å²) in [6.07, 6.45) is 2.97. The maximum absolute atomic E-state index is 9.40. The van der Waals surface area contributed by atoms with Crippen LogP contribution in [0.1, 0.15) is 37.6 Å². The summed E-state index contributed by atoms with van der Waals surface area (Å²) in [5, 5.41) is 17.1. The fourth-order valence-corrected chi connectivity index (χ4v) is 1.66. The highest BCUT2D eigenvalue weighted by Crippen LogP contribution is 2.31. The molecule has 3 N–H and O–H groups in total. The van der Waals surface area contributed by atoms with Gasteiger partial charge in [0.2, 0.25) is 0 Å². The SMILES string of the molecule is C[C@H](O)c1cnnn1[C@H]1C[C@@H](N)C1. The Balaban J connectivity index is 2.16. The van der Waals surface area contributed by atoms with E-state index in [-0.39, 0.29) is 6.04 Å². The molecule has 1 aromatic rings. The van der Waals surface area contributed by atoms with Gasteiger partial charge in [0.25, 0.3) is 0 Å². The Morgan fingerprint density at radius 3 is 2.92 bits per heavy atom. The van der Waals surface area contributed by atoms with Crippen LogP contribution in [0.2, 0.25) is 0 Å². The summed E-state index contributed by atoms with van der Waals surface area (Å²) in [6.45, 7) is 1.72. The third-order valence-corrected chi connectivity index (χ3v) is 2.53. The van der Waals surface area contributed by atoms with Crippen molar-refractivity contribution in [2.24, 2.45) is 5.73 Å². The van der Waals surface area contributed by atoms with Crippen LogP contribution in [0, 0.1) is 0 Å². The van der Waals surface area contributed by atoms with Crippen LogP contribution in [-0.2, 0) is 0 Å². The molecule has 0 amide bonds. The molecule has 0 unspecified atom stereocenters. The first-order chi connectivity index (χ1) is 6.18. The maximum atomic E-state index is 9.40. The third kappa shape index (κ3) is 1.45. The van der Waals surface area contributed by atoms with Gasteiger partial charge in [-0.2, -0.15) is 0 Å². The molecular formula is C8H14N4O. The third-order valence-electron chi connectivity index (χ3n) is 2.53. The summed E-state index contributed by atoms with van der Waals surface area (Å²) in [5.41, 5.74) is 6.45. The Morgan fingerprint density at radius 2 is 2.38 bits per heavy atom. The average Bonchev–Trinajstić information content (AvgIpc) is 2.45. The first kappa shape index (κ1) is 8.65. The van der Waals surface area contributed by atoms with E-state index >= 15 is 0 Å². The smallest absolute Gasteiger partial charge is 0.0945 e. The highest BCUT2D eigenvalue weighted by molar-refractivity contribution is 5.02. The van der Waals surface area contributed by atoms with Crippen LogP contribution in [0.15, 0.2) is 6.20 Å². The molecule has 0 radical (unpaired) electrons. The van der Waals surface area contributed by atoms with E-state index in [1.165, 1.54) is 0 Å². The van der Waals surface area contributed by atoms with Gasteiger partial charge >= 0.3 is 0 Å². The molecule has 1 aromatic heterocycles. The predicted octanol–water partition coefficient (Wildman–Crippen LogP) is -0.00640. The number of hydrogen-bond acceptors (Lipinski definition) is 4. The van der Waals surface area contributed by atoms with Gasteiger partial charge in [-0.05, 0) is 19.8 Å². The van der Waals surface area contributed by atoms with E-state index in [1.54, 1.807) is 17.8 Å². The van der Waals surface area contributed by atoms with E-state index in [9.17, 15) is 5.11 Å². The maximum Gasteiger partial charge on any atom is 0.0945 e. The van der Waals surface area contributed by atoms with Crippen LogP contribution in [0.3, 0.4) is 0 Å². The van der Waals surface area contributed by atoms with Gasteiger partial charge in [-0.25, -0.2) is 4.68 Å². The van der Waals surface area contributed by atoms with Crippen molar-refractivity contribution in [3.8, 4) is 0 Å². The molecule has 1 aliphatic rings. The molecule has 5 nitrogen and oxygen atoms in total. The number of hydrogen-bond donors (Lipinski definition) is 2. The first-order valence-electron chi connectivity index (χ1n) is 4.52. The van der Waals surface area contributed by atoms with Gasteiger partial charge < -0.3 is 10.8 Å². The lowest BCUT2D eigenvalue weighted by molar-refractivity contribution is 0.166. The first-order valence-corrected chi connectivity index (χ1v) is 4.52. The van der Waals surface area contributed by atoms with Gasteiger partial charge in [-0.15, -0.1) is 5.10 Å². The molecule has 2 rings (SSSR count). The van der Waals surface area contributed by atoms with Crippen LogP contribution in [0.25, 0.3) is 0 Å². The normalized spacial score (nSPS) is 29.8. The molecule has 0 bridgehead atoms. The molecule has 0 aromatic carbocycles. The fourth-order valence-electron chi connectivity index (χ4n) is 1.66. The molecule has 1 aliphatic carbocycles. The van der Waals surface area contributed by atoms with E-state index in [0.29, 0.717) is 6.04 Å². The number of aliphatic hydroxyl groups excluding tert-OH is 1. The minimum absolute atomic E-state index is 0.288. The molecule has 1 heterocycles. The lowest BCUT2D eigenvalue weighted by Crippen LogP contribution is -2.38. The van der Waals surface area contributed by atoms with E-state index in [4.69, 9.17) is 5.73 Å². The van der Waals surface area contributed by atoms with Gasteiger partial charge in [0.05, 0.1) is 24.0 Å². The molecule has 72 valence electrons. The van der Waals surface area contributed by atoms with Crippen molar-refractivity contribution in [3.63, 3.8) is 0 Å². The van der Waals surface area contributed by atoms with Crippen molar-refractivity contribution in [2.75, 3.05) is 0 Å². The summed E-state index contributed by atoms with van der Waals surface area (Å²) < 4.78 is 1.79. The molecule has 13 heavy (non-hydrogen) atoms. The predicted molar refractivity (Wildman–Crippen MR) is 46.9 cm³/mol. The lowest BCUT2D eigenvalue weighted by atomic mass is 9.87. The average molecular weight is 182 g/mol. The minimum atomic E-state index is -0.508. The standard InChI is InChI=1S/C8H14N4O/c1-5(13)8-4-10-11-12(8)7-2-6(9)3-7/h4-7,13H,2-3,9H2,1H3/t5-,6-,7+/m0/s1. The van der Waals surface area contributed by atoms with Crippen molar-refractivity contribution >= 4 is 0 Å². The number of aliphatic hydroxyl groups is 1. The Hall–Kier alpha value is -0.940. The lowest BCUT2D eigenvalue weighted by Gasteiger charge is -2.33. The summed E-state index contributed by atoms with van der Waals surface area (Å²) in [6, 6.07) is 0.623. The molecule has 1 fully saturated rings. The summed E-state index contributed by atoms with van der Waals surface area (Å²) in [7, 11) is 0. The van der Waals surface area contributed by atoms with Crippen LogP contribution in [0.5, 0.6) is 0 Å². The van der Waals surface area contributed by atoms with Crippen LogP contribution >= 0.6 is 0 Å². The van der Waals surface area contributed by atoms with Crippen molar-refractivity contribution in [3.05, 3.63) is 11.9 Å². The van der Waals surface area contributed by atoms with Crippen LogP contribution in [-0.4, -0.2) is 26.1 Å². The topological polar surface area (TPSA) is 77.0 Å². The second-order valence-electron chi connectivity index (χ2n) is 3.66. The van der Waals surface area contributed by atoms with E-state index in [2.05, 4.69) is 10.3 Å². The number of aromatic nitrogens is 3. The molecule has 0 aliphatic heterocycles. The highest BCUT2D eigenvalue weighted by Gasteiger charge is 2.30. The molecule has 1 atom stereocenters. The van der Waals surface area contributed by atoms with E-state index in [1.807, 2.05) is 0 Å². The number of nitrogens with two attached hydrogens (primary N) is 1. The summed E-state index contributed by atoms with van der Waals surface area (Å²) in [4.78, 5) is 0. The van der Waals surface area contributed by atoms with Crippen molar-refractivity contribution < 1.29 is 5.11 Å². The van der Waals surface area contributed by atoms with Gasteiger partial charge in [0.1, 0.15) is 0 Å². The number of rotatable bonds is 2. The summed E-state index contributed by atoms with van der Waals surface area (Å²) in [5.74, 6) is 0. The molecular weight excluding hydrogens is 168 g/mol. The molecule has 1 saturated carbocycles.